The molecule has 418 valence electrons. The van der Waals surface area contributed by atoms with Crippen molar-refractivity contribution >= 4 is 17.7 Å². The Morgan fingerprint density at radius 3 is 1.35 bits per heavy atom. The number of likely N-dealkylation sites (N-methyl/N-ethyl adjacent to an activating group) is 2. The smallest absolute Gasteiger partial charge is 0.239 e. The second-order valence-electron chi connectivity index (χ2n) is 26.9. The molecule has 0 spiro atoms. The highest BCUT2D eigenvalue weighted by molar-refractivity contribution is 5.83. The maximum absolute atomic E-state index is 12.9. The van der Waals surface area contributed by atoms with Crippen LogP contribution in [0.1, 0.15) is 192 Å². The van der Waals surface area contributed by atoms with Gasteiger partial charge in [-0.3, -0.25) is 29.1 Å². The fourth-order valence-electron chi connectivity index (χ4n) is 14.1. The standard InChI is InChI=1S/C18H34N2O2.C17H32N2O.C16H30N2O.C10H19N/c1-18(2,3)15-8-11-20(12-9-15)17(21)16-7-5-6-10-19(16)13-14-22-4;1-17(2,3)14-9-12-19(13-10-14)16(20)15-8-6-5-7-11-18(15)4;1-4-17-10-6-5-7-15(17)16(19)18-11-8-14(9-12-18)13(2)3;1-8(2)10-7-11-5-3-9(10)4-6-11/h15-16H,5-14H2,1-4H3;14-15H,5-13H2,1-4H3;13-15H,4-12H2,1-3H3;8-10H,3-7H2,1-2H3. The summed E-state index contributed by atoms with van der Waals surface area (Å²) in [6.45, 7) is 41.3. The maximum atomic E-state index is 12.9. The number of carbonyl (C=O) groups excluding carboxylic acids is 3. The number of carbonyl (C=O) groups is 3. The van der Waals surface area contributed by atoms with E-state index in [-0.39, 0.29) is 18.1 Å². The van der Waals surface area contributed by atoms with Crippen molar-refractivity contribution in [3.8, 4) is 0 Å². The maximum Gasteiger partial charge on any atom is 0.239 e. The van der Waals surface area contributed by atoms with Crippen LogP contribution in [0.4, 0.5) is 0 Å². The number of ether oxygens (including phenoxy) is 1. The van der Waals surface area contributed by atoms with Gasteiger partial charge in [-0.25, -0.2) is 0 Å². The van der Waals surface area contributed by atoms with Crippen LogP contribution in [-0.2, 0) is 19.1 Å². The van der Waals surface area contributed by atoms with E-state index < -0.39 is 0 Å². The summed E-state index contributed by atoms with van der Waals surface area (Å²) in [5.74, 6) is 7.23. The van der Waals surface area contributed by atoms with Gasteiger partial charge in [-0.1, -0.05) is 102 Å². The molecule has 0 aromatic carbocycles. The Hall–Kier alpha value is -1.79. The third-order valence-electron chi connectivity index (χ3n) is 19.5. The van der Waals surface area contributed by atoms with E-state index in [1.54, 1.807) is 7.11 Å². The topological polar surface area (TPSA) is 83.1 Å². The summed E-state index contributed by atoms with van der Waals surface area (Å²) >= 11 is 0. The van der Waals surface area contributed by atoms with Crippen molar-refractivity contribution in [2.24, 2.45) is 52.3 Å². The largest absolute Gasteiger partial charge is 0.383 e. The van der Waals surface area contributed by atoms with Crippen molar-refractivity contribution in [3.05, 3.63) is 0 Å². The van der Waals surface area contributed by atoms with Crippen LogP contribution in [0.25, 0.3) is 0 Å². The minimum atomic E-state index is 0.0927. The molecule has 3 amide bonds. The van der Waals surface area contributed by atoms with Crippen molar-refractivity contribution < 1.29 is 19.1 Å². The van der Waals surface area contributed by atoms with Crippen molar-refractivity contribution in [3.63, 3.8) is 0 Å². The molecule has 4 unspecified atom stereocenters. The summed E-state index contributed by atoms with van der Waals surface area (Å²) in [5.41, 5.74) is 0.749. The van der Waals surface area contributed by atoms with Gasteiger partial charge in [0.1, 0.15) is 0 Å². The number of hydrogen-bond acceptors (Lipinski definition) is 8. The van der Waals surface area contributed by atoms with Gasteiger partial charge in [-0.05, 0) is 188 Å². The summed E-state index contributed by atoms with van der Waals surface area (Å²) in [7, 11) is 3.85. The van der Waals surface area contributed by atoms with Crippen molar-refractivity contribution in [2.75, 3.05) is 112 Å². The van der Waals surface area contributed by atoms with Crippen LogP contribution in [-0.4, -0.2) is 183 Å². The third-order valence-corrected chi connectivity index (χ3v) is 19.5. The van der Waals surface area contributed by atoms with Gasteiger partial charge in [0.25, 0.3) is 0 Å². The molecule has 11 nitrogen and oxygen atoms in total. The average molecular weight is 1010 g/mol. The molecule has 0 N–H and O–H groups in total. The minimum Gasteiger partial charge on any atom is -0.383 e. The molecule has 9 aliphatic rings. The molecule has 9 fully saturated rings. The number of fused-ring (bicyclic) bond motifs is 3. The second-order valence-corrected chi connectivity index (χ2v) is 26.9. The quantitative estimate of drug-likeness (QED) is 0.226. The van der Waals surface area contributed by atoms with Gasteiger partial charge >= 0.3 is 0 Å². The molecule has 72 heavy (non-hydrogen) atoms. The molecule has 9 aliphatic heterocycles. The third kappa shape index (κ3) is 18.2. The van der Waals surface area contributed by atoms with E-state index in [0.29, 0.717) is 28.6 Å². The van der Waals surface area contributed by atoms with Crippen LogP contribution >= 0.6 is 0 Å². The Labute approximate surface area is 444 Å². The Morgan fingerprint density at radius 2 is 0.931 bits per heavy atom. The van der Waals surface area contributed by atoms with E-state index in [0.717, 1.165) is 152 Å². The van der Waals surface area contributed by atoms with Gasteiger partial charge in [0, 0.05) is 59.5 Å². The Kier molecular flexibility index (Phi) is 25.1. The van der Waals surface area contributed by atoms with E-state index in [4.69, 9.17) is 4.74 Å². The van der Waals surface area contributed by atoms with Crippen LogP contribution in [0.3, 0.4) is 0 Å². The lowest BCUT2D eigenvalue weighted by atomic mass is 9.74. The number of likely N-dealkylation sites (tertiary alicyclic amines) is 6. The highest BCUT2D eigenvalue weighted by atomic mass is 16.5. The summed E-state index contributed by atoms with van der Waals surface area (Å²) in [6.07, 6.45) is 21.7. The number of amides is 3. The van der Waals surface area contributed by atoms with Gasteiger partial charge in [0.2, 0.25) is 17.7 Å². The van der Waals surface area contributed by atoms with E-state index in [9.17, 15) is 14.4 Å². The van der Waals surface area contributed by atoms with Crippen LogP contribution in [0.15, 0.2) is 0 Å². The molecule has 0 radical (unpaired) electrons. The first-order chi connectivity index (χ1) is 34.2. The van der Waals surface area contributed by atoms with Crippen LogP contribution in [0.2, 0.25) is 0 Å². The Bertz CT molecular complexity index is 1560. The van der Waals surface area contributed by atoms with Crippen LogP contribution in [0.5, 0.6) is 0 Å². The molecule has 4 atom stereocenters. The van der Waals surface area contributed by atoms with E-state index >= 15 is 0 Å². The summed E-state index contributed by atoms with van der Waals surface area (Å²) in [5, 5.41) is 0. The zero-order valence-corrected chi connectivity index (χ0v) is 49.4. The molecule has 0 aromatic heterocycles. The normalized spacial score (nSPS) is 29.1. The number of nitrogens with zero attached hydrogens (tertiary/aromatic N) is 7. The van der Waals surface area contributed by atoms with E-state index in [1.807, 2.05) is 0 Å². The molecular weight excluding hydrogens is 895 g/mol. The van der Waals surface area contributed by atoms with Gasteiger partial charge in [-0.2, -0.15) is 0 Å². The van der Waals surface area contributed by atoms with E-state index in [2.05, 4.69) is 118 Å². The minimum absolute atomic E-state index is 0.0927. The fourth-order valence-corrected chi connectivity index (χ4v) is 14.1. The van der Waals surface area contributed by atoms with Gasteiger partial charge in [-0.15, -0.1) is 0 Å². The first-order valence-corrected chi connectivity index (χ1v) is 30.5. The van der Waals surface area contributed by atoms with Crippen LogP contribution < -0.4 is 0 Å². The Balaban J connectivity index is 0.000000182. The molecule has 0 aromatic rings. The molecule has 11 heteroatoms. The SMILES string of the molecule is CC(C)C1CN2CCC1CC2.CCN1CCCCC1C(=O)N1CCC(C(C)C)CC1.CN1CCCCCC1C(=O)N1CCC(C(C)(C)C)CC1.COCCN1CCCCC1C(=O)N1CCC(C(C)(C)C)CC1. The lowest BCUT2D eigenvalue weighted by Gasteiger charge is -2.46. The fraction of sp³-hybridized carbons (Fsp3) is 0.951. The molecule has 9 rings (SSSR count). The van der Waals surface area contributed by atoms with Gasteiger partial charge in [0.05, 0.1) is 24.7 Å². The average Bonchev–Trinajstić information content (AvgIpc) is 3.61. The molecule has 9 saturated heterocycles. The summed E-state index contributed by atoms with van der Waals surface area (Å²) < 4.78 is 5.20. The van der Waals surface area contributed by atoms with Crippen molar-refractivity contribution in [1.29, 1.82) is 0 Å². The van der Waals surface area contributed by atoms with Gasteiger partial charge in [0.15, 0.2) is 0 Å². The number of hydrogen-bond donors (Lipinski definition) is 0. The molecule has 9 heterocycles. The second kappa shape index (κ2) is 29.7. The zero-order chi connectivity index (χ0) is 52.6. The van der Waals surface area contributed by atoms with Gasteiger partial charge < -0.3 is 24.3 Å². The van der Waals surface area contributed by atoms with Crippen molar-refractivity contribution in [1.82, 2.24) is 34.3 Å². The summed E-state index contributed by atoms with van der Waals surface area (Å²) in [4.78, 5) is 54.4. The number of piperidine rings is 8. The molecule has 0 aliphatic carbocycles. The highest BCUT2D eigenvalue weighted by Crippen LogP contribution is 2.38. The molecule has 2 bridgehead atoms. The lowest BCUT2D eigenvalue weighted by Crippen LogP contribution is -2.53. The monoisotopic (exact) mass is 1010 g/mol. The summed E-state index contributed by atoms with van der Waals surface area (Å²) in [6, 6.07) is 0.410. The van der Waals surface area contributed by atoms with Crippen molar-refractivity contribution in [2.45, 2.75) is 210 Å². The number of rotatable bonds is 9. The predicted molar refractivity (Wildman–Crippen MR) is 300 cm³/mol. The molecule has 0 saturated carbocycles. The lowest BCUT2D eigenvalue weighted by molar-refractivity contribution is -0.141. The first-order valence-electron chi connectivity index (χ1n) is 30.5. The Morgan fingerprint density at radius 1 is 0.500 bits per heavy atom. The molecular formula is C61H115N7O4. The number of methoxy groups -OCH3 is 1. The first kappa shape index (κ1) is 61.1. The predicted octanol–water partition coefficient (Wildman–Crippen LogP) is 10.7. The zero-order valence-electron chi connectivity index (χ0n) is 49.4. The highest BCUT2D eigenvalue weighted by Gasteiger charge is 2.39. The van der Waals surface area contributed by atoms with Crippen LogP contribution in [0, 0.1) is 52.3 Å². The van der Waals surface area contributed by atoms with E-state index in [1.165, 1.54) is 103 Å².